The van der Waals surface area contributed by atoms with Crippen LogP contribution in [0.2, 0.25) is 5.02 Å². The molecule has 0 heterocycles. The number of amides is 1. The molecule has 6 nitrogen and oxygen atoms in total. The number of rotatable bonds is 7. The zero-order valence-electron chi connectivity index (χ0n) is 14.0. The van der Waals surface area contributed by atoms with Crippen LogP contribution in [-0.2, 0) is 21.5 Å². The molecule has 2 aromatic rings. The molecule has 8 heteroatoms. The van der Waals surface area contributed by atoms with E-state index in [1.54, 1.807) is 48.5 Å². The Balaban J connectivity index is 2.14. The largest absolute Gasteiger partial charge is 0.350 e. The highest BCUT2D eigenvalue weighted by Gasteiger charge is 2.27. The highest BCUT2D eigenvalue weighted by Crippen LogP contribution is 2.19. The fourth-order valence-corrected chi connectivity index (χ4v) is 3.38. The van der Waals surface area contributed by atoms with Crippen LogP contribution >= 0.6 is 11.6 Å². The van der Waals surface area contributed by atoms with Gasteiger partial charge in [0.15, 0.2) is 0 Å². The van der Waals surface area contributed by atoms with Crippen LogP contribution in [0.15, 0.2) is 54.6 Å². The van der Waals surface area contributed by atoms with Crippen molar-refractivity contribution in [2.45, 2.75) is 6.54 Å². The Morgan fingerprint density at radius 1 is 1.04 bits per heavy atom. The monoisotopic (exact) mass is 381 g/mol. The molecule has 2 rings (SSSR count). The van der Waals surface area contributed by atoms with E-state index in [9.17, 15) is 13.2 Å². The number of nitrogens with one attached hydrogen (secondary N) is 1. The molecule has 1 N–H and O–H groups in total. The van der Waals surface area contributed by atoms with E-state index in [-0.39, 0.29) is 13.1 Å². The van der Waals surface area contributed by atoms with Crippen LogP contribution < -0.4 is 9.62 Å². The number of halogens is 1. The van der Waals surface area contributed by atoms with Gasteiger partial charge in [-0.25, -0.2) is 4.31 Å². The Hall–Kier alpha value is -2.09. The molecule has 1 amide bonds. The Morgan fingerprint density at radius 3 is 2.24 bits per heavy atom. The highest BCUT2D eigenvalue weighted by atomic mass is 35.5. The van der Waals surface area contributed by atoms with E-state index in [0.29, 0.717) is 10.7 Å². The Labute approximate surface area is 153 Å². The number of anilines is 1. The molecule has 0 aliphatic carbocycles. The number of hydrogen-bond donors (Lipinski definition) is 1. The van der Waals surface area contributed by atoms with Gasteiger partial charge in [0.1, 0.15) is 6.54 Å². The first-order chi connectivity index (χ1) is 11.8. The molecule has 0 saturated carbocycles. The number of benzene rings is 2. The van der Waals surface area contributed by atoms with Crippen molar-refractivity contribution >= 4 is 33.4 Å². The number of nitrogens with zero attached hydrogens (tertiary/aromatic N) is 2. The van der Waals surface area contributed by atoms with Gasteiger partial charge in [-0.3, -0.25) is 4.79 Å². The number of para-hydroxylation sites is 1. The van der Waals surface area contributed by atoms with Gasteiger partial charge in [-0.2, -0.15) is 12.7 Å². The van der Waals surface area contributed by atoms with Crippen molar-refractivity contribution in [3.63, 3.8) is 0 Å². The van der Waals surface area contributed by atoms with Gasteiger partial charge in [0, 0.05) is 25.7 Å². The third kappa shape index (κ3) is 4.94. The minimum Gasteiger partial charge on any atom is -0.350 e. The molecule has 2 aromatic carbocycles. The summed E-state index contributed by atoms with van der Waals surface area (Å²) in [6.07, 6.45) is 0. The zero-order valence-corrected chi connectivity index (χ0v) is 15.6. The molecule has 0 fully saturated rings. The Morgan fingerprint density at radius 2 is 1.64 bits per heavy atom. The van der Waals surface area contributed by atoms with Gasteiger partial charge in [-0.1, -0.05) is 48.0 Å². The van der Waals surface area contributed by atoms with E-state index < -0.39 is 16.1 Å². The Bertz CT molecular complexity index is 826. The lowest BCUT2D eigenvalue weighted by Gasteiger charge is -2.26. The lowest BCUT2D eigenvalue weighted by Crippen LogP contribution is -2.45. The summed E-state index contributed by atoms with van der Waals surface area (Å²) in [5.74, 6) is -0.422. The fraction of sp³-hybridized carbons (Fsp3) is 0.235. The van der Waals surface area contributed by atoms with Crippen molar-refractivity contribution in [3.8, 4) is 0 Å². The summed E-state index contributed by atoms with van der Waals surface area (Å²) in [4.78, 5) is 12.3. The standard InChI is InChI=1S/C17H20ClN3O3S/c1-20(2)25(23,24)21(15-9-4-3-5-10-15)13-17(22)19-12-14-8-6-7-11-16(14)18/h3-11H,12-13H2,1-2H3,(H,19,22). The van der Waals surface area contributed by atoms with Crippen molar-refractivity contribution in [1.82, 2.24) is 9.62 Å². The predicted octanol–water partition coefficient (Wildman–Crippen LogP) is 2.27. The summed E-state index contributed by atoms with van der Waals surface area (Å²) < 4.78 is 27.2. The van der Waals surface area contributed by atoms with Gasteiger partial charge in [-0.15, -0.1) is 0 Å². The van der Waals surface area contributed by atoms with E-state index in [0.717, 1.165) is 14.2 Å². The summed E-state index contributed by atoms with van der Waals surface area (Å²) in [6, 6.07) is 15.6. The molecule has 0 aliphatic rings. The second-order valence-corrected chi connectivity index (χ2v) is 7.97. The predicted molar refractivity (Wildman–Crippen MR) is 99.7 cm³/mol. The van der Waals surface area contributed by atoms with Crippen molar-refractivity contribution in [3.05, 3.63) is 65.2 Å². The molecule has 0 aromatic heterocycles. The number of carbonyl (C=O) groups is 1. The number of hydrogen-bond acceptors (Lipinski definition) is 3. The van der Waals surface area contributed by atoms with Crippen LogP contribution in [0, 0.1) is 0 Å². The maximum absolute atomic E-state index is 12.5. The first-order valence-corrected chi connectivity index (χ1v) is 9.35. The van der Waals surface area contributed by atoms with Crippen LogP contribution in [-0.4, -0.2) is 39.3 Å². The summed E-state index contributed by atoms with van der Waals surface area (Å²) in [5, 5.41) is 3.25. The van der Waals surface area contributed by atoms with Gasteiger partial charge >= 0.3 is 10.2 Å². The van der Waals surface area contributed by atoms with E-state index in [4.69, 9.17) is 11.6 Å². The third-order valence-electron chi connectivity index (χ3n) is 3.51. The average Bonchev–Trinajstić information content (AvgIpc) is 2.59. The third-order valence-corrected chi connectivity index (χ3v) is 5.69. The molecule has 0 atom stereocenters. The van der Waals surface area contributed by atoms with Crippen LogP contribution in [0.3, 0.4) is 0 Å². The van der Waals surface area contributed by atoms with Crippen molar-refractivity contribution in [1.29, 1.82) is 0 Å². The van der Waals surface area contributed by atoms with Gasteiger partial charge < -0.3 is 5.32 Å². The summed E-state index contributed by atoms with van der Waals surface area (Å²) in [6.45, 7) is -0.0991. The molecule has 0 unspecified atom stereocenters. The first kappa shape index (κ1) is 19.2. The summed E-state index contributed by atoms with van der Waals surface area (Å²) in [5.41, 5.74) is 1.18. The second kappa shape index (κ2) is 8.33. The van der Waals surface area contributed by atoms with Crippen LogP contribution in [0.5, 0.6) is 0 Å². The van der Waals surface area contributed by atoms with E-state index >= 15 is 0 Å². The molecular formula is C17H20ClN3O3S. The van der Waals surface area contributed by atoms with E-state index in [1.807, 2.05) is 6.07 Å². The molecule has 0 spiro atoms. The fourth-order valence-electron chi connectivity index (χ4n) is 2.12. The zero-order chi connectivity index (χ0) is 18.4. The Kier molecular flexibility index (Phi) is 6.41. The maximum atomic E-state index is 12.5. The van der Waals surface area contributed by atoms with E-state index in [1.165, 1.54) is 14.1 Å². The van der Waals surface area contributed by atoms with Crippen LogP contribution in [0.25, 0.3) is 0 Å². The molecule has 0 bridgehead atoms. The molecule has 0 aliphatic heterocycles. The maximum Gasteiger partial charge on any atom is 0.304 e. The molecule has 134 valence electrons. The summed E-state index contributed by atoms with van der Waals surface area (Å²) in [7, 11) is -0.951. The molecule has 0 radical (unpaired) electrons. The SMILES string of the molecule is CN(C)S(=O)(=O)N(CC(=O)NCc1ccccc1Cl)c1ccccc1. The molecule has 25 heavy (non-hydrogen) atoms. The topological polar surface area (TPSA) is 69.7 Å². The minimum absolute atomic E-state index is 0.225. The van der Waals surface area contributed by atoms with Crippen LogP contribution in [0.4, 0.5) is 5.69 Å². The van der Waals surface area contributed by atoms with E-state index in [2.05, 4.69) is 5.32 Å². The van der Waals surface area contributed by atoms with Gasteiger partial charge in [0.25, 0.3) is 0 Å². The summed E-state index contributed by atoms with van der Waals surface area (Å²) >= 11 is 6.06. The van der Waals surface area contributed by atoms with Crippen molar-refractivity contribution < 1.29 is 13.2 Å². The van der Waals surface area contributed by atoms with Gasteiger partial charge in [0.2, 0.25) is 5.91 Å². The smallest absolute Gasteiger partial charge is 0.304 e. The average molecular weight is 382 g/mol. The van der Waals surface area contributed by atoms with Gasteiger partial charge in [0.05, 0.1) is 5.69 Å². The molecule has 0 saturated heterocycles. The van der Waals surface area contributed by atoms with Crippen molar-refractivity contribution in [2.24, 2.45) is 0 Å². The lowest BCUT2D eigenvalue weighted by atomic mass is 10.2. The van der Waals surface area contributed by atoms with Gasteiger partial charge in [-0.05, 0) is 23.8 Å². The highest BCUT2D eigenvalue weighted by molar-refractivity contribution is 7.90. The van der Waals surface area contributed by atoms with Crippen molar-refractivity contribution in [2.75, 3.05) is 24.9 Å². The lowest BCUT2D eigenvalue weighted by molar-refractivity contribution is -0.119. The normalized spacial score (nSPS) is 11.4. The number of carbonyl (C=O) groups excluding carboxylic acids is 1. The quantitative estimate of drug-likeness (QED) is 0.799. The molecular weight excluding hydrogens is 362 g/mol. The minimum atomic E-state index is -3.80. The first-order valence-electron chi connectivity index (χ1n) is 7.57. The second-order valence-electron chi connectivity index (χ2n) is 5.50. The van der Waals surface area contributed by atoms with Crippen LogP contribution in [0.1, 0.15) is 5.56 Å².